The summed E-state index contributed by atoms with van der Waals surface area (Å²) in [5.74, 6) is -1.96. The number of benzene rings is 3. The standard InChI is InChI=1S/C28H22F2N4O2/c1-15-9-4-5-10-16(15)24-21-25(32(2)28(36)33(3)27(21)35)26-23(17-11-8-12-18(29)22(17)30)31-19-13-6-7-14-20(19)34(24)26/h4-14,23,31H,1-3H3/t23-/m0/s1. The van der Waals surface area contributed by atoms with Crippen LogP contribution in [0.4, 0.5) is 14.5 Å². The maximum atomic E-state index is 15.2. The van der Waals surface area contributed by atoms with Crippen LogP contribution in [0.25, 0.3) is 27.8 Å². The van der Waals surface area contributed by atoms with Gasteiger partial charge in [0, 0.05) is 25.2 Å². The molecule has 180 valence electrons. The van der Waals surface area contributed by atoms with Gasteiger partial charge >= 0.3 is 5.69 Å². The number of nitrogens with zero attached hydrogens (tertiary/aromatic N) is 3. The zero-order valence-corrected chi connectivity index (χ0v) is 19.8. The van der Waals surface area contributed by atoms with Crippen molar-refractivity contribution in [2.45, 2.75) is 13.0 Å². The number of aryl methyl sites for hydroxylation is 2. The molecule has 0 radical (unpaired) electrons. The van der Waals surface area contributed by atoms with Gasteiger partial charge in [0.15, 0.2) is 11.6 Å². The van der Waals surface area contributed by atoms with Crippen molar-refractivity contribution in [1.82, 2.24) is 13.7 Å². The van der Waals surface area contributed by atoms with Crippen LogP contribution in [0, 0.1) is 18.6 Å². The van der Waals surface area contributed by atoms with E-state index in [9.17, 15) is 14.0 Å². The first-order chi connectivity index (χ1) is 17.3. The van der Waals surface area contributed by atoms with Crippen molar-refractivity contribution in [3.05, 3.63) is 116 Å². The van der Waals surface area contributed by atoms with Gasteiger partial charge < -0.3 is 9.88 Å². The van der Waals surface area contributed by atoms with Crippen molar-refractivity contribution in [2.24, 2.45) is 14.1 Å². The normalized spacial score (nSPS) is 14.4. The largest absolute Gasteiger partial charge is 0.371 e. The molecule has 1 aliphatic heterocycles. The molecule has 36 heavy (non-hydrogen) atoms. The summed E-state index contributed by atoms with van der Waals surface area (Å²) in [6, 6.07) is 18.3. The zero-order valence-electron chi connectivity index (χ0n) is 19.8. The van der Waals surface area contributed by atoms with E-state index in [-0.39, 0.29) is 5.56 Å². The summed E-state index contributed by atoms with van der Waals surface area (Å²) >= 11 is 0. The molecular weight excluding hydrogens is 462 g/mol. The fourth-order valence-corrected chi connectivity index (χ4v) is 5.29. The minimum atomic E-state index is -0.985. The summed E-state index contributed by atoms with van der Waals surface area (Å²) in [5.41, 5.74) is 3.75. The van der Waals surface area contributed by atoms with Crippen molar-refractivity contribution < 1.29 is 8.78 Å². The Labute approximate surface area is 204 Å². The summed E-state index contributed by atoms with van der Waals surface area (Å²) in [7, 11) is 3.03. The lowest BCUT2D eigenvalue weighted by molar-refractivity contribution is 0.495. The number of hydrogen-bond donors (Lipinski definition) is 1. The molecular formula is C28H22F2N4O2. The monoisotopic (exact) mass is 484 g/mol. The first kappa shape index (κ1) is 22.0. The van der Waals surface area contributed by atoms with E-state index in [0.29, 0.717) is 28.0 Å². The first-order valence-corrected chi connectivity index (χ1v) is 11.5. The molecule has 0 saturated carbocycles. The Hall–Kier alpha value is -4.46. The van der Waals surface area contributed by atoms with Gasteiger partial charge in [0.25, 0.3) is 5.56 Å². The van der Waals surface area contributed by atoms with Crippen molar-refractivity contribution >= 4 is 16.6 Å². The topological polar surface area (TPSA) is 61.0 Å². The molecule has 3 aromatic carbocycles. The van der Waals surface area contributed by atoms with Crippen molar-refractivity contribution in [3.63, 3.8) is 0 Å². The maximum absolute atomic E-state index is 15.2. The lowest BCUT2D eigenvalue weighted by Crippen LogP contribution is -2.37. The Morgan fingerprint density at radius 2 is 1.58 bits per heavy atom. The number of hydrogen-bond acceptors (Lipinski definition) is 3. The fraction of sp³-hybridized carbons (Fsp3) is 0.143. The van der Waals surface area contributed by atoms with Crippen LogP contribution in [0.2, 0.25) is 0 Å². The number of halogens is 2. The van der Waals surface area contributed by atoms with E-state index in [1.165, 1.54) is 23.7 Å². The molecule has 8 heteroatoms. The molecule has 6 nitrogen and oxygen atoms in total. The van der Waals surface area contributed by atoms with E-state index in [2.05, 4.69) is 5.32 Å². The second kappa shape index (κ2) is 7.78. The SMILES string of the molecule is Cc1ccccc1-c1c2c(=O)n(C)c(=O)n(C)c2c2n1-c1ccccc1N[C@H]2c1cccc(F)c1F. The first-order valence-electron chi connectivity index (χ1n) is 11.5. The Morgan fingerprint density at radius 3 is 2.36 bits per heavy atom. The Bertz CT molecular complexity index is 1830. The van der Waals surface area contributed by atoms with Crippen LogP contribution in [0.1, 0.15) is 22.9 Å². The van der Waals surface area contributed by atoms with Gasteiger partial charge in [0.05, 0.1) is 39.7 Å². The van der Waals surface area contributed by atoms with Crippen molar-refractivity contribution in [1.29, 1.82) is 0 Å². The number of rotatable bonds is 2. The highest BCUT2D eigenvalue weighted by Gasteiger charge is 2.36. The van der Waals surface area contributed by atoms with E-state index in [4.69, 9.17) is 0 Å². The third-order valence-electron chi connectivity index (χ3n) is 7.02. The average Bonchev–Trinajstić information content (AvgIpc) is 3.24. The zero-order chi connectivity index (χ0) is 25.3. The highest BCUT2D eigenvalue weighted by Crippen LogP contribution is 2.46. The van der Waals surface area contributed by atoms with Gasteiger partial charge in [-0.25, -0.2) is 13.6 Å². The number of aromatic nitrogens is 3. The summed E-state index contributed by atoms with van der Waals surface area (Å²) in [4.78, 5) is 26.8. The summed E-state index contributed by atoms with van der Waals surface area (Å²) in [6.07, 6.45) is 0. The molecule has 1 N–H and O–H groups in total. The second-order valence-corrected chi connectivity index (χ2v) is 9.05. The Kier molecular flexibility index (Phi) is 4.76. The van der Waals surface area contributed by atoms with Crippen LogP contribution >= 0.6 is 0 Å². The third-order valence-corrected chi connectivity index (χ3v) is 7.02. The van der Waals surface area contributed by atoms with Crippen LogP contribution in [-0.4, -0.2) is 13.7 Å². The molecule has 0 spiro atoms. The van der Waals surface area contributed by atoms with Gasteiger partial charge in [-0.1, -0.05) is 48.5 Å². The number of para-hydroxylation sites is 2. The number of fused-ring (bicyclic) bond motifs is 5. The van der Waals surface area contributed by atoms with Crippen LogP contribution in [0.5, 0.6) is 0 Å². The second-order valence-electron chi connectivity index (χ2n) is 9.05. The molecule has 0 bridgehead atoms. The predicted octanol–water partition coefficient (Wildman–Crippen LogP) is 4.80. The molecule has 0 saturated heterocycles. The van der Waals surface area contributed by atoms with Crippen LogP contribution in [0.3, 0.4) is 0 Å². The highest BCUT2D eigenvalue weighted by molar-refractivity contribution is 5.99. The molecule has 5 aromatic rings. The Balaban J connectivity index is 1.90. The van der Waals surface area contributed by atoms with Gasteiger partial charge in [0.1, 0.15) is 0 Å². The third kappa shape index (κ3) is 2.87. The van der Waals surface area contributed by atoms with Crippen LogP contribution in [-0.2, 0) is 14.1 Å². The van der Waals surface area contributed by atoms with E-state index >= 15 is 4.39 Å². The molecule has 1 aliphatic rings. The van der Waals surface area contributed by atoms with E-state index < -0.39 is 28.9 Å². The van der Waals surface area contributed by atoms with Gasteiger partial charge in [-0.15, -0.1) is 0 Å². The number of nitrogens with one attached hydrogen (secondary N) is 1. The lowest BCUT2D eigenvalue weighted by atomic mass is 9.98. The van der Waals surface area contributed by atoms with E-state index in [1.54, 1.807) is 7.05 Å². The summed E-state index contributed by atoms with van der Waals surface area (Å²) < 4.78 is 34.0. The number of anilines is 1. The fourth-order valence-electron chi connectivity index (χ4n) is 5.29. The summed E-state index contributed by atoms with van der Waals surface area (Å²) in [6.45, 7) is 1.95. The molecule has 3 heterocycles. The van der Waals surface area contributed by atoms with E-state index in [1.807, 2.05) is 60.0 Å². The maximum Gasteiger partial charge on any atom is 0.331 e. The van der Waals surface area contributed by atoms with Crippen molar-refractivity contribution in [2.75, 3.05) is 5.32 Å². The average molecular weight is 485 g/mol. The van der Waals surface area contributed by atoms with E-state index in [0.717, 1.165) is 27.4 Å². The van der Waals surface area contributed by atoms with Gasteiger partial charge in [0.2, 0.25) is 0 Å². The molecule has 0 fully saturated rings. The highest BCUT2D eigenvalue weighted by atomic mass is 19.2. The molecule has 6 rings (SSSR count). The smallest absolute Gasteiger partial charge is 0.331 e. The summed E-state index contributed by atoms with van der Waals surface area (Å²) in [5, 5.41) is 3.68. The van der Waals surface area contributed by atoms with Gasteiger partial charge in [-0.2, -0.15) is 0 Å². The van der Waals surface area contributed by atoms with Crippen molar-refractivity contribution in [3.8, 4) is 16.9 Å². The minimum absolute atomic E-state index is 0.0783. The molecule has 1 atom stereocenters. The molecule has 0 amide bonds. The van der Waals surface area contributed by atoms with Gasteiger partial charge in [-0.05, 0) is 30.7 Å². The minimum Gasteiger partial charge on any atom is -0.371 e. The quantitative estimate of drug-likeness (QED) is 0.392. The molecule has 0 unspecified atom stereocenters. The van der Waals surface area contributed by atoms with Gasteiger partial charge in [-0.3, -0.25) is 13.9 Å². The molecule has 0 aliphatic carbocycles. The molecule has 2 aromatic heterocycles. The lowest BCUT2D eigenvalue weighted by Gasteiger charge is -2.31. The predicted molar refractivity (Wildman–Crippen MR) is 136 cm³/mol. The Morgan fingerprint density at radius 1 is 0.861 bits per heavy atom. The van der Waals surface area contributed by atoms with Crippen LogP contribution in [0.15, 0.2) is 76.3 Å². The van der Waals surface area contributed by atoms with Crippen LogP contribution < -0.4 is 16.6 Å².